The lowest BCUT2D eigenvalue weighted by molar-refractivity contribution is 0.153. The Morgan fingerprint density at radius 1 is 0.926 bits per heavy atom. The van der Waals surface area contributed by atoms with Gasteiger partial charge in [0.1, 0.15) is 5.75 Å². The molecule has 2 heteroatoms. The zero-order chi connectivity index (χ0) is 18.9. The van der Waals surface area contributed by atoms with E-state index in [-0.39, 0.29) is 0 Å². The van der Waals surface area contributed by atoms with Gasteiger partial charge in [-0.3, -0.25) is 0 Å². The van der Waals surface area contributed by atoms with Gasteiger partial charge >= 0.3 is 0 Å². The first-order valence-corrected chi connectivity index (χ1v) is 12.2. The molecule has 1 nitrogen and oxygen atoms in total. The summed E-state index contributed by atoms with van der Waals surface area (Å²) in [7, 11) is 0. The SMILES string of the molecule is CCCOc1ccc(CCC2CCC(C3CCC(/C=C/Br)CC3)CC2)cc1. The van der Waals surface area contributed by atoms with E-state index in [1.807, 2.05) is 0 Å². The van der Waals surface area contributed by atoms with Crippen molar-refractivity contribution < 1.29 is 4.74 Å². The van der Waals surface area contributed by atoms with Crippen molar-refractivity contribution in [2.24, 2.45) is 23.7 Å². The fourth-order valence-electron chi connectivity index (χ4n) is 5.20. The summed E-state index contributed by atoms with van der Waals surface area (Å²) in [5.74, 6) is 4.83. The number of allylic oxidation sites excluding steroid dienone is 1. The van der Waals surface area contributed by atoms with Gasteiger partial charge in [0.25, 0.3) is 0 Å². The van der Waals surface area contributed by atoms with Crippen LogP contribution in [0, 0.1) is 23.7 Å². The van der Waals surface area contributed by atoms with Gasteiger partial charge in [0, 0.05) is 0 Å². The summed E-state index contributed by atoms with van der Waals surface area (Å²) in [5.41, 5.74) is 1.47. The van der Waals surface area contributed by atoms with Crippen molar-refractivity contribution in [2.75, 3.05) is 6.61 Å². The molecule has 0 heterocycles. The highest BCUT2D eigenvalue weighted by molar-refractivity contribution is 9.11. The van der Waals surface area contributed by atoms with Gasteiger partial charge in [-0.2, -0.15) is 0 Å². The second-order valence-electron chi connectivity index (χ2n) is 8.81. The molecule has 0 radical (unpaired) electrons. The standard InChI is InChI=1S/C25H37BrO/c1-2-19-27-25-15-9-21(10-16-25)4-3-20-5-11-23(12-6-20)24-13-7-22(8-14-24)17-18-26/h9-10,15-18,20,22-24H,2-8,11-14,19H2,1H3/b18-17+. The number of halogens is 1. The number of benzene rings is 1. The van der Waals surface area contributed by atoms with Crippen LogP contribution in [0.4, 0.5) is 0 Å². The molecule has 2 aliphatic rings. The molecule has 0 N–H and O–H groups in total. The largest absolute Gasteiger partial charge is 0.494 e. The van der Waals surface area contributed by atoms with Crippen molar-refractivity contribution in [2.45, 2.75) is 77.6 Å². The quantitative estimate of drug-likeness (QED) is 0.404. The van der Waals surface area contributed by atoms with Crippen molar-refractivity contribution >= 4 is 15.9 Å². The molecular weight excluding hydrogens is 396 g/mol. The summed E-state index contributed by atoms with van der Waals surface area (Å²) < 4.78 is 5.69. The Morgan fingerprint density at radius 3 is 2.15 bits per heavy atom. The van der Waals surface area contributed by atoms with Crippen molar-refractivity contribution in [3.63, 3.8) is 0 Å². The molecule has 1 aromatic carbocycles. The molecular formula is C25H37BrO. The van der Waals surface area contributed by atoms with E-state index >= 15 is 0 Å². The molecule has 0 bridgehead atoms. The Bertz CT molecular complexity index is 548. The number of rotatable bonds is 8. The first-order valence-electron chi connectivity index (χ1n) is 11.3. The van der Waals surface area contributed by atoms with E-state index in [2.05, 4.69) is 58.2 Å². The Balaban J connectivity index is 1.35. The number of aryl methyl sites for hydroxylation is 1. The van der Waals surface area contributed by atoms with Crippen LogP contribution < -0.4 is 4.74 Å². The Morgan fingerprint density at radius 2 is 1.56 bits per heavy atom. The van der Waals surface area contributed by atoms with Gasteiger partial charge in [-0.25, -0.2) is 0 Å². The fourth-order valence-corrected chi connectivity index (χ4v) is 5.63. The van der Waals surface area contributed by atoms with Gasteiger partial charge < -0.3 is 4.74 Å². The third kappa shape index (κ3) is 6.66. The van der Waals surface area contributed by atoms with E-state index in [4.69, 9.17) is 4.74 Å². The molecule has 0 aromatic heterocycles. The minimum atomic E-state index is 0.817. The molecule has 2 saturated carbocycles. The topological polar surface area (TPSA) is 9.23 Å². The Labute approximate surface area is 175 Å². The van der Waals surface area contributed by atoms with Crippen LogP contribution in [-0.4, -0.2) is 6.61 Å². The molecule has 2 aliphatic carbocycles. The van der Waals surface area contributed by atoms with Crippen LogP contribution in [0.2, 0.25) is 0 Å². The van der Waals surface area contributed by atoms with E-state index in [1.54, 1.807) is 0 Å². The molecule has 0 aliphatic heterocycles. The maximum Gasteiger partial charge on any atom is 0.119 e. The van der Waals surface area contributed by atoms with Crippen molar-refractivity contribution in [3.05, 3.63) is 40.9 Å². The summed E-state index contributed by atoms with van der Waals surface area (Å²) in [4.78, 5) is 2.06. The zero-order valence-electron chi connectivity index (χ0n) is 17.0. The highest BCUT2D eigenvalue weighted by Crippen LogP contribution is 2.42. The zero-order valence-corrected chi connectivity index (χ0v) is 18.6. The molecule has 0 atom stereocenters. The first kappa shape index (κ1) is 21.0. The minimum absolute atomic E-state index is 0.817. The average Bonchev–Trinajstić information content (AvgIpc) is 2.73. The van der Waals surface area contributed by atoms with Crippen LogP contribution in [-0.2, 0) is 6.42 Å². The highest BCUT2D eigenvalue weighted by Gasteiger charge is 2.30. The minimum Gasteiger partial charge on any atom is -0.494 e. The maximum absolute atomic E-state index is 5.69. The van der Waals surface area contributed by atoms with Crippen LogP contribution >= 0.6 is 15.9 Å². The second-order valence-corrected chi connectivity index (χ2v) is 9.33. The van der Waals surface area contributed by atoms with Gasteiger partial charge in [0.05, 0.1) is 6.61 Å². The predicted molar refractivity (Wildman–Crippen MR) is 120 cm³/mol. The number of hydrogen-bond acceptors (Lipinski definition) is 1. The van der Waals surface area contributed by atoms with Gasteiger partial charge in [0.15, 0.2) is 0 Å². The smallest absolute Gasteiger partial charge is 0.119 e. The third-order valence-electron chi connectivity index (χ3n) is 6.96. The molecule has 150 valence electrons. The molecule has 3 rings (SSSR count). The van der Waals surface area contributed by atoms with Gasteiger partial charge in [-0.15, -0.1) is 0 Å². The predicted octanol–water partition coefficient (Wildman–Crippen LogP) is 7.93. The van der Waals surface area contributed by atoms with E-state index in [0.29, 0.717) is 0 Å². The monoisotopic (exact) mass is 432 g/mol. The van der Waals surface area contributed by atoms with Gasteiger partial charge in [0.2, 0.25) is 0 Å². The fraction of sp³-hybridized carbons (Fsp3) is 0.680. The van der Waals surface area contributed by atoms with Crippen LogP contribution in [0.25, 0.3) is 0 Å². The van der Waals surface area contributed by atoms with E-state index in [9.17, 15) is 0 Å². The molecule has 1 aromatic rings. The summed E-state index contributed by atoms with van der Waals surface area (Å²) >= 11 is 3.44. The maximum atomic E-state index is 5.69. The van der Waals surface area contributed by atoms with Crippen LogP contribution in [0.5, 0.6) is 5.75 Å². The van der Waals surface area contributed by atoms with E-state index < -0.39 is 0 Å². The molecule has 0 saturated heterocycles. The molecule has 27 heavy (non-hydrogen) atoms. The molecule has 0 amide bonds. The third-order valence-corrected chi connectivity index (χ3v) is 7.26. The van der Waals surface area contributed by atoms with E-state index in [1.165, 1.54) is 69.8 Å². The summed E-state index contributed by atoms with van der Waals surface area (Å²) in [6.45, 7) is 2.97. The Hall–Kier alpha value is -0.760. The van der Waals surface area contributed by atoms with Crippen molar-refractivity contribution in [1.29, 1.82) is 0 Å². The highest BCUT2D eigenvalue weighted by atomic mass is 79.9. The lowest BCUT2D eigenvalue weighted by Crippen LogP contribution is -2.25. The average molecular weight is 433 g/mol. The summed E-state index contributed by atoms with van der Waals surface area (Å²) in [5, 5.41) is 0. The van der Waals surface area contributed by atoms with Gasteiger partial charge in [-0.05, 0) is 104 Å². The first-order chi connectivity index (χ1) is 13.3. The van der Waals surface area contributed by atoms with E-state index in [0.717, 1.165) is 42.4 Å². The number of hydrogen-bond donors (Lipinski definition) is 0. The summed E-state index contributed by atoms with van der Waals surface area (Å²) in [6.07, 6.45) is 17.7. The summed E-state index contributed by atoms with van der Waals surface area (Å²) in [6, 6.07) is 8.80. The molecule has 0 unspecified atom stereocenters. The van der Waals surface area contributed by atoms with Crippen molar-refractivity contribution in [3.8, 4) is 5.75 Å². The van der Waals surface area contributed by atoms with Crippen molar-refractivity contribution in [1.82, 2.24) is 0 Å². The lowest BCUT2D eigenvalue weighted by atomic mass is 9.68. The normalized spacial score (nSPS) is 29.1. The molecule has 2 fully saturated rings. The van der Waals surface area contributed by atoms with Crippen LogP contribution in [0.15, 0.2) is 35.3 Å². The Kier molecular flexibility index (Phi) is 8.77. The van der Waals surface area contributed by atoms with Crippen LogP contribution in [0.1, 0.15) is 76.7 Å². The number of ether oxygens (including phenoxy) is 1. The molecule has 0 spiro atoms. The lowest BCUT2D eigenvalue weighted by Gasteiger charge is -2.37. The van der Waals surface area contributed by atoms with Crippen LogP contribution in [0.3, 0.4) is 0 Å². The second kappa shape index (κ2) is 11.3. The van der Waals surface area contributed by atoms with Gasteiger partial charge in [-0.1, -0.05) is 53.9 Å².